The first-order valence-corrected chi connectivity index (χ1v) is 7.58. The maximum absolute atomic E-state index is 13.1. The normalized spacial score (nSPS) is 14.3. The average Bonchev–Trinajstić information content (AvgIpc) is 2.39. The van der Waals surface area contributed by atoms with E-state index in [1.807, 2.05) is 6.92 Å². The average molecular weight is 291 g/mol. The molecule has 0 bridgehead atoms. The molecule has 0 amide bonds. The Morgan fingerprint density at radius 3 is 2.68 bits per heavy atom. The maximum atomic E-state index is 13.1. The van der Waals surface area contributed by atoms with Crippen LogP contribution in [0.15, 0.2) is 23.1 Å². The van der Waals surface area contributed by atoms with Crippen LogP contribution in [0.4, 0.5) is 8.78 Å². The molecule has 19 heavy (non-hydrogen) atoms. The Balaban J connectivity index is 2.66. The van der Waals surface area contributed by atoms with Crippen LogP contribution >= 0.6 is 0 Å². The number of hydrogen-bond acceptors (Lipinski definition) is 3. The largest absolute Gasteiger partial charge is 0.396 e. The highest BCUT2D eigenvalue weighted by Gasteiger charge is 2.14. The molecule has 0 aliphatic rings. The van der Waals surface area contributed by atoms with Crippen molar-refractivity contribution in [3.63, 3.8) is 0 Å². The lowest BCUT2D eigenvalue weighted by Gasteiger charge is -2.17. The van der Waals surface area contributed by atoms with Crippen molar-refractivity contribution < 1.29 is 18.1 Å². The van der Waals surface area contributed by atoms with Gasteiger partial charge in [-0.1, -0.05) is 6.92 Å². The summed E-state index contributed by atoms with van der Waals surface area (Å²) in [5, 5.41) is 12.1. The Labute approximate surface area is 114 Å². The minimum Gasteiger partial charge on any atom is -0.396 e. The Morgan fingerprint density at radius 1 is 1.37 bits per heavy atom. The lowest BCUT2D eigenvalue weighted by Crippen LogP contribution is -2.35. The number of rotatable bonds is 8. The van der Waals surface area contributed by atoms with Gasteiger partial charge in [0.15, 0.2) is 11.6 Å². The number of nitrogens with one attached hydrogen (secondary N) is 1. The number of aliphatic hydroxyl groups excluding tert-OH is 1. The van der Waals surface area contributed by atoms with E-state index >= 15 is 0 Å². The highest BCUT2D eigenvalue weighted by atomic mass is 32.2. The monoisotopic (exact) mass is 291 g/mol. The molecule has 1 aromatic carbocycles. The predicted molar refractivity (Wildman–Crippen MR) is 71.4 cm³/mol. The van der Waals surface area contributed by atoms with Crippen LogP contribution < -0.4 is 5.32 Å². The molecule has 0 aliphatic carbocycles. The second-order valence-electron chi connectivity index (χ2n) is 4.25. The van der Waals surface area contributed by atoms with Crippen molar-refractivity contribution in [3.05, 3.63) is 29.8 Å². The third-order valence-electron chi connectivity index (χ3n) is 2.67. The van der Waals surface area contributed by atoms with Crippen molar-refractivity contribution >= 4 is 10.8 Å². The van der Waals surface area contributed by atoms with Crippen LogP contribution in [0, 0.1) is 11.6 Å². The van der Waals surface area contributed by atoms with Gasteiger partial charge in [0.1, 0.15) is 0 Å². The van der Waals surface area contributed by atoms with E-state index in [0.717, 1.165) is 25.1 Å². The van der Waals surface area contributed by atoms with E-state index in [2.05, 4.69) is 5.32 Å². The minimum atomic E-state index is -1.42. The van der Waals surface area contributed by atoms with Crippen molar-refractivity contribution in [2.45, 2.75) is 30.7 Å². The third-order valence-corrected chi connectivity index (χ3v) is 4.15. The fraction of sp³-hybridized carbons (Fsp3) is 0.538. The molecule has 0 aliphatic heterocycles. The molecular weight excluding hydrogens is 272 g/mol. The van der Waals surface area contributed by atoms with Gasteiger partial charge in [-0.05, 0) is 37.6 Å². The van der Waals surface area contributed by atoms with Gasteiger partial charge in [-0.3, -0.25) is 4.21 Å². The lowest BCUT2D eigenvalue weighted by atomic mass is 10.2. The van der Waals surface area contributed by atoms with E-state index in [1.54, 1.807) is 0 Å². The fourth-order valence-corrected chi connectivity index (χ4v) is 2.94. The molecule has 2 N–H and O–H groups in total. The first-order valence-electron chi connectivity index (χ1n) is 6.26. The molecule has 0 saturated heterocycles. The maximum Gasteiger partial charge on any atom is 0.160 e. The predicted octanol–water partition coefficient (Wildman–Crippen LogP) is 1.82. The van der Waals surface area contributed by atoms with Gasteiger partial charge in [0.05, 0.1) is 10.8 Å². The van der Waals surface area contributed by atoms with Crippen LogP contribution in [0.25, 0.3) is 0 Å². The second-order valence-corrected chi connectivity index (χ2v) is 5.75. The fourth-order valence-electron chi connectivity index (χ4n) is 1.65. The molecule has 2 atom stereocenters. The zero-order valence-electron chi connectivity index (χ0n) is 10.9. The van der Waals surface area contributed by atoms with Gasteiger partial charge in [0.25, 0.3) is 0 Å². The van der Waals surface area contributed by atoms with Crippen molar-refractivity contribution in [2.75, 3.05) is 18.9 Å². The van der Waals surface area contributed by atoms with Crippen molar-refractivity contribution in [1.29, 1.82) is 0 Å². The molecule has 1 aromatic rings. The lowest BCUT2D eigenvalue weighted by molar-refractivity contribution is 0.270. The quantitative estimate of drug-likeness (QED) is 0.768. The van der Waals surface area contributed by atoms with Crippen molar-refractivity contribution in [1.82, 2.24) is 5.32 Å². The number of benzene rings is 1. The molecule has 0 fully saturated rings. The second kappa shape index (κ2) is 8.35. The minimum absolute atomic E-state index is 0.00361. The van der Waals surface area contributed by atoms with Crippen LogP contribution in [-0.2, 0) is 10.8 Å². The number of aliphatic hydroxyl groups is 1. The summed E-state index contributed by atoms with van der Waals surface area (Å²) in [6.07, 6.45) is 1.41. The summed E-state index contributed by atoms with van der Waals surface area (Å²) in [5.74, 6) is -1.67. The van der Waals surface area contributed by atoms with E-state index < -0.39 is 22.4 Å². The highest BCUT2D eigenvalue weighted by molar-refractivity contribution is 7.85. The Hall–Kier alpha value is -0.850. The standard InChI is InChI=1S/C13H19F2NO2S/c1-2-6-16-10(5-7-17)9-19(18)11-3-4-12(14)13(15)8-11/h3-4,8,10,16-17H,2,5-7,9H2,1H3. The first kappa shape index (κ1) is 16.2. The molecule has 6 heteroatoms. The summed E-state index contributed by atoms with van der Waals surface area (Å²) in [6.45, 7) is 2.77. The topological polar surface area (TPSA) is 49.3 Å². The SMILES string of the molecule is CCCNC(CCO)CS(=O)c1ccc(F)c(F)c1. The summed E-state index contributed by atoms with van der Waals surface area (Å²) in [5.41, 5.74) is 0. The molecule has 2 unspecified atom stereocenters. The van der Waals surface area contributed by atoms with Gasteiger partial charge in [-0.25, -0.2) is 8.78 Å². The molecule has 108 valence electrons. The summed E-state index contributed by atoms with van der Waals surface area (Å²) < 4.78 is 37.9. The molecule has 0 heterocycles. The third kappa shape index (κ3) is 5.34. The van der Waals surface area contributed by atoms with Gasteiger partial charge in [0.2, 0.25) is 0 Å². The summed E-state index contributed by atoms with van der Waals surface area (Å²) in [6, 6.07) is 3.16. The first-order chi connectivity index (χ1) is 9.08. The van der Waals surface area contributed by atoms with Gasteiger partial charge in [0, 0.05) is 23.3 Å². The summed E-state index contributed by atoms with van der Waals surface area (Å²) in [7, 11) is -1.42. The van der Waals surface area contributed by atoms with Gasteiger partial charge in [-0.15, -0.1) is 0 Å². The van der Waals surface area contributed by atoms with E-state index in [4.69, 9.17) is 5.11 Å². The van der Waals surface area contributed by atoms with Crippen LogP contribution in [0.3, 0.4) is 0 Å². The Morgan fingerprint density at radius 2 is 2.11 bits per heavy atom. The number of hydrogen-bond donors (Lipinski definition) is 2. The summed E-state index contributed by atoms with van der Waals surface area (Å²) >= 11 is 0. The van der Waals surface area contributed by atoms with Crippen LogP contribution in [0.1, 0.15) is 19.8 Å². The number of halogens is 2. The van der Waals surface area contributed by atoms with E-state index in [1.165, 1.54) is 6.07 Å². The van der Waals surface area contributed by atoms with Crippen molar-refractivity contribution in [2.24, 2.45) is 0 Å². The highest BCUT2D eigenvalue weighted by Crippen LogP contribution is 2.13. The van der Waals surface area contributed by atoms with Gasteiger partial charge < -0.3 is 10.4 Å². The Bertz CT molecular complexity index is 429. The molecule has 1 rings (SSSR count). The molecule has 3 nitrogen and oxygen atoms in total. The molecule has 0 spiro atoms. The van der Waals surface area contributed by atoms with E-state index in [0.29, 0.717) is 6.42 Å². The zero-order valence-corrected chi connectivity index (χ0v) is 11.7. The smallest absolute Gasteiger partial charge is 0.160 e. The van der Waals surface area contributed by atoms with Crippen LogP contribution in [0.2, 0.25) is 0 Å². The van der Waals surface area contributed by atoms with E-state index in [9.17, 15) is 13.0 Å². The van der Waals surface area contributed by atoms with Crippen LogP contribution in [0.5, 0.6) is 0 Å². The molecule has 0 radical (unpaired) electrons. The zero-order chi connectivity index (χ0) is 14.3. The van der Waals surface area contributed by atoms with Gasteiger partial charge in [-0.2, -0.15) is 0 Å². The molecular formula is C13H19F2NO2S. The van der Waals surface area contributed by atoms with Crippen molar-refractivity contribution in [3.8, 4) is 0 Å². The van der Waals surface area contributed by atoms with Gasteiger partial charge >= 0.3 is 0 Å². The molecule has 0 saturated carbocycles. The van der Waals surface area contributed by atoms with Crippen LogP contribution in [-0.4, -0.2) is 34.3 Å². The summed E-state index contributed by atoms with van der Waals surface area (Å²) in [4.78, 5) is 0.264. The Kier molecular flexibility index (Phi) is 7.12. The molecule has 0 aromatic heterocycles. The van der Waals surface area contributed by atoms with E-state index in [-0.39, 0.29) is 23.3 Å².